The maximum Gasteiger partial charge on any atom is 0.169 e. The molecular weight excluding hydrogens is 276 g/mol. The minimum atomic E-state index is 0.613. The summed E-state index contributed by atoms with van der Waals surface area (Å²) in [6, 6.07) is 13.0. The third-order valence-corrected chi connectivity index (χ3v) is 3.03. The molecule has 0 amide bonds. The van der Waals surface area contributed by atoms with Crippen LogP contribution in [-0.2, 0) is 0 Å². The van der Waals surface area contributed by atoms with Crippen molar-refractivity contribution in [1.82, 2.24) is 0 Å². The van der Waals surface area contributed by atoms with Gasteiger partial charge in [-0.15, -0.1) is 0 Å². The van der Waals surface area contributed by atoms with Crippen molar-refractivity contribution >= 4 is 23.5 Å². The van der Waals surface area contributed by atoms with E-state index in [1.54, 1.807) is 26.5 Å². The molecule has 0 radical (unpaired) electrons. The third kappa shape index (κ3) is 3.22. The average Bonchev–Trinajstić information content (AvgIpc) is 2.48. The van der Waals surface area contributed by atoms with Crippen molar-refractivity contribution in [1.29, 1.82) is 0 Å². The monoisotopic (exact) mass is 290 g/mol. The van der Waals surface area contributed by atoms with E-state index in [0.29, 0.717) is 16.5 Å². The molecule has 2 aromatic carbocycles. The molecule has 4 nitrogen and oxygen atoms in total. The first-order valence-electron chi connectivity index (χ1n) is 6.01. The molecule has 104 valence electrons. The minimum absolute atomic E-state index is 0.613. The first-order chi connectivity index (χ1) is 9.76. The molecule has 0 aliphatic rings. The first kappa shape index (κ1) is 14.2. The highest BCUT2D eigenvalue weighted by Crippen LogP contribution is 2.29. The number of hydrazone groups is 1. The molecule has 0 aliphatic heterocycles. The first-order valence-corrected chi connectivity index (χ1v) is 6.38. The van der Waals surface area contributed by atoms with Crippen LogP contribution in [0.2, 0.25) is 5.02 Å². The number of nitrogens with zero attached hydrogens (tertiary/aromatic N) is 1. The van der Waals surface area contributed by atoms with E-state index < -0.39 is 0 Å². The zero-order valence-corrected chi connectivity index (χ0v) is 12.0. The van der Waals surface area contributed by atoms with Gasteiger partial charge in [-0.05, 0) is 24.3 Å². The van der Waals surface area contributed by atoms with Crippen LogP contribution in [0.4, 0.5) is 5.69 Å². The number of nitrogens with one attached hydrogen (secondary N) is 1. The maximum absolute atomic E-state index is 6.03. The Hall–Kier alpha value is -2.20. The Kier molecular flexibility index (Phi) is 4.85. The van der Waals surface area contributed by atoms with Gasteiger partial charge in [-0.1, -0.05) is 29.8 Å². The molecule has 0 unspecified atom stereocenters. The van der Waals surface area contributed by atoms with E-state index in [1.807, 2.05) is 36.4 Å². The predicted molar refractivity (Wildman–Crippen MR) is 82.2 cm³/mol. The summed E-state index contributed by atoms with van der Waals surface area (Å²) in [5, 5.41) is 4.77. The molecule has 2 aromatic rings. The van der Waals surface area contributed by atoms with Gasteiger partial charge in [0.2, 0.25) is 0 Å². The van der Waals surface area contributed by atoms with Gasteiger partial charge in [0.05, 0.1) is 31.1 Å². The van der Waals surface area contributed by atoms with Gasteiger partial charge in [0.25, 0.3) is 0 Å². The van der Waals surface area contributed by atoms with Gasteiger partial charge in [0, 0.05) is 5.56 Å². The SMILES string of the molecule is COc1cccc(/C=N\Nc2ccccc2Cl)c1OC. The number of halogens is 1. The molecule has 5 heteroatoms. The largest absolute Gasteiger partial charge is 0.493 e. The van der Waals surface area contributed by atoms with E-state index in [1.165, 1.54) is 0 Å². The fourth-order valence-electron chi connectivity index (χ4n) is 1.74. The Morgan fingerprint density at radius 2 is 1.85 bits per heavy atom. The van der Waals surface area contributed by atoms with Crippen LogP contribution in [0.25, 0.3) is 0 Å². The van der Waals surface area contributed by atoms with Gasteiger partial charge in [-0.25, -0.2) is 0 Å². The molecule has 0 aliphatic carbocycles. The van der Waals surface area contributed by atoms with Crippen LogP contribution in [0.1, 0.15) is 5.56 Å². The summed E-state index contributed by atoms with van der Waals surface area (Å²) < 4.78 is 10.6. The molecule has 0 aromatic heterocycles. The number of ether oxygens (including phenoxy) is 2. The molecule has 0 atom stereocenters. The predicted octanol–water partition coefficient (Wildman–Crippen LogP) is 3.80. The maximum atomic E-state index is 6.03. The van der Waals surface area contributed by atoms with E-state index in [0.717, 1.165) is 11.3 Å². The molecule has 0 saturated heterocycles. The van der Waals surface area contributed by atoms with Crippen LogP contribution in [0, 0.1) is 0 Å². The van der Waals surface area contributed by atoms with Gasteiger partial charge in [-0.2, -0.15) is 5.10 Å². The topological polar surface area (TPSA) is 42.8 Å². The summed E-state index contributed by atoms with van der Waals surface area (Å²) in [5.41, 5.74) is 4.45. The Morgan fingerprint density at radius 3 is 2.55 bits per heavy atom. The fraction of sp³-hybridized carbons (Fsp3) is 0.133. The molecule has 0 heterocycles. The van der Waals surface area contributed by atoms with Crippen molar-refractivity contribution in [3.63, 3.8) is 0 Å². The second-order valence-electron chi connectivity index (χ2n) is 3.93. The Bertz CT molecular complexity index is 615. The molecule has 20 heavy (non-hydrogen) atoms. The summed E-state index contributed by atoms with van der Waals surface area (Å²) in [5.74, 6) is 1.30. The number of benzene rings is 2. The number of para-hydroxylation sites is 2. The number of rotatable bonds is 5. The van der Waals surface area contributed by atoms with Crippen LogP contribution < -0.4 is 14.9 Å². The van der Waals surface area contributed by atoms with Gasteiger partial charge in [-0.3, -0.25) is 5.43 Å². The molecule has 0 bridgehead atoms. The zero-order valence-electron chi connectivity index (χ0n) is 11.3. The lowest BCUT2D eigenvalue weighted by Gasteiger charge is -2.09. The Labute approximate surface area is 123 Å². The highest BCUT2D eigenvalue weighted by molar-refractivity contribution is 6.33. The van der Waals surface area contributed by atoms with E-state index in [4.69, 9.17) is 21.1 Å². The molecule has 0 saturated carbocycles. The van der Waals surface area contributed by atoms with Gasteiger partial charge < -0.3 is 9.47 Å². The Morgan fingerprint density at radius 1 is 1.05 bits per heavy atom. The van der Waals surface area contributed by atoms with Crippen molar-refractivity contribution in [2.45, 2.75) is 0 Å². The van der Waals surface area contributed by atoms with Crippen LogP contribution in [0.3, 0.4) is 0 Å². The zero-order chi connectivity index (χ0) is 14.4. The average molecular weight is 291 g/mol. The smallest absolute Gasteiger partial charge is 0.169 e. The molecular formula is C15H15ClN2O2. The van der Waals surface area contributed by atoms with E-state index in [9.17, 15) is 0 Å². The molecule has 1 N–H and O–H groups in total. The van der Waals surface area contributed by atoms with Crippen LogP contribution in [0.5, 0.6) is 11.5 Å². The molecule has 2 rings (SSSR count). The van der Waals surface area contributed by atoms with Crippen molar-refractivity contribution in [2.24, 2.45) is 5.10 Å². The number of hydrogen-bond donors (Lipinski definition) is 1. The summed E-state index contributed by atoms with van der Waals surface area (Å²) in [6.07, 6.45) is 1.66. The number of anilines is 1. The summed E-state index contributed by atoms with van der Waals surface area (Å²) in [4.78, 5) is 0. The third-order valence-electron chi connectivity index (χ3n) is 2.70. The molecule has 0 spiro atoms. The summed E-state index contributed by atoms with van der Waals surface area (Å²) in [6.45, 7) is 0. The van der Waals surface area contributed by atoms with E-state index >= 15 is 0 Å². The number of methoxy groups -OCH3 is 2. The lowest BCUT2D eigenvalue weighted by atomic mass is 10.2. The second kappa shape index (κ2) is 6.82. The lowest BCUT2D eigenvalue weighted by Crippen LogP contribution is -1.97. The van der Waals surface area contributed by atoms with E-state index in [-0.39, 0.29) is 0 Å². The highest BCUT2D eigenvalue weighted by Gasteiger charge is 2.07. The molecule has 0 fully saturated rings. The highest BCUT2D eigenvalue weighted by atomic mass is 35.5. The number of hydrogen-bond acceptors (Lipinski definition) is 4. The van der Waals surface area contributed by atoms with Crippen molar-refractivity contribution in [3.8, 4) is 11.5 Å². The van der Waals surface area contributed by atoms with Gasteiger partial charge in [0.15, 0.2) is 11.5 Å². The van der Waals surface area contributed by atoms with Crippen molar-refractivity contribution in [2.75, 3.05) is 19.6 Å². The van der Waals surface area contributed by atoms with E-state index in [2.05, 4.69) is 10.5 Å². The van der Waals surface area contributed by atoms with Crippen molar-refractivity contribution < 1.29 is 9.47 Å². The second-order valence-corrected chi connectivity index (χ2v) is 4.34. The summed E-state index contributed by atoms with van der Waals surface area (Å²) in [7, 11) is 3.19. The lowest BCUT2D eigenvalue weighted by molar-refractivity contribution is 0.354. The Balaban J connectivity index is 2.18. The van der Waals surface area contributed by atoms with Crippen LogP contribution >= 0.6 is 11.6 Å². The van der Waals surface area contributed by atoms with Gasteiger partial charge in [0.1, 0.15) is 0 Å². The minimum Gasteiger partial charge on any atom is -0.493 e. The van der Waals surface area contributed by atoms with Gasteiger partial charge >= 0.3 is 0 Å². The normalized spacial score (nSPS) is 10.6. The summed E-state index contributed by atoms with van der Waals surface area (Å²) >= 11 is 6.03. The fourth-order valence-corrected chi connectivity index (χ4v) is 1.91. The quantitative estimate of drug-likeness (QED) is 0.673. The van der Waals surface area contributed by atoms with Crippen LogP contribution in [0.15, 0.2) is 47.6 Å². The van der Waals surface area contributed by atoms with Crippen LogP contribution in [-0.4, -0.2) is 20.4 Å². The standard InChI is InChI=1S/C15H15ClN2O2/c1-19-14-9-5-6-11(15(14)20-2)10-17-18-13-8-4-3-7-12(13)16/h3-10,18H,1-2H3/b17-10-. The van der Waals surface area contributed by atoms with Crippen molar-refractivity contribution in [3.05, 3.63) is 53.1 Å².